The molecule has 108 valence electrons. The largest absolute Gasteiger partial charge is 0.450 e. The number of Topliss-reactive ketones (excluding diaryl/α,β-unsaturated/α-hetero) is 1. The average molecular weight is 279 g/mol. The number of amides is 1. The molecule has 1 fully saturated rings. The second-order valence-corrected chi connectivity index (χ2v) is 4.93. The van der Waals surface area contributed by atoms with Crippen molar-refractivity contribution in [3.63, 3.8) is 0 Å². The predicted molar refractivity (Wildman–Crippen MR) is 72.0 cm³/mol. The molecule has 1 atom stereocenters. The van der Waals surface area contributed by atoms with Crippen molar-refractivity contribution in [1.29, 1.82) is 0 Å². The van der Waals surface area contributed by atoms with Crippen molar-refractivity contribution in [2.45, 2.75) is 19.8 Å². The topological polar surface area (TPSA) is 46.6 Å². The molecule has 0 aromatic heterocycles. The summed E-state index contributed by atoms with van der Waals surface area (Å²) in [5, 5.41) is 0. The number of carbonyl (C=O) groups is 2. The van der Waals surface area contributed by atoms with Gasteiger partial charge in [-0.2, -0.15) is 0 Å². The lowest BCUT2D eigenvalue weighted by molar-refractivity contribution is 0.0952. The minimum atomic E-state index is -0.351. The van der Waals surface area contributed by atoms with Gasteiger partial charge in [-0.05, 0) is 43.5 Å². The second kappa shape index (κ2) is 6.50. The first-order valence-corrected chi connectivity index (χ1v) is 6.80. The zero-order valence-electron chi connectivity index (χ0n) is 11.5. The SMILES string of the molecule is CCOC(=O)N1CCC(CC(=O)c2ccc(F)cc2)C1. The molecule has 0 saturated carbocycles. The standard InChI is InChI=1S/C15H18FNO3/c1-2-20-15(19)17-8-7-11(10-17)9-14(18)12-3-5-13(16)6-4-12/h3-6,11H,2,7-10H2,1H3. The molecule has 0 aliphatic carbocycles. The highest BCUT2D eigenvalue weighted by molar-refractivity contribution is 5.96. The number of hydrogen-bond donors (Lipinski definition) is 0. The number of benzene rings is 1. The maximum atomic E-state index is 12.8. The van der Waals surface area contributed by atoms with Crippen LogP contribution < -0.4 is 0 Å². The Labute approximate surface area is 117 Å². The fraction of sp³-hybridized carbons (Fsp3) is 0.467. The molecule has 4 nitrogen and oxygen atoms in total. The van der Waals surface area contributed by atoms with Gasteiger partial charge in [0.2, 0.25) is 0 Å². The van der Waals surface area contributed by atoms with Gasteiger partial charge in [-0.25, -0.2) is 9.18 Å². The van der Waals surface area contributed by atoms with Crippen molar-refractivity contribution in [2.24, 2.45) is 5.92 Å². The highest BCUT2D eigenvalue weighted by atomic mass is 19.1. The van der Waals surface area contributed by atoms with Gasteiger partial charge >= 0.3 is 6.09 Å². The maximum Gasteiger partial charge on any atom is 0.409 e. The van der Waals surface area contributed by atoms with Crippen LogP contribution in [0.5, 0.6) is 0 Å². The Morgan fingerprint density at radius 2 is 2.05 bits per heavy atom. The van der Waals surface area contributed by atoms with E-state index in [2.05, 4.69) is 0 Å². The third-order valence-electron chi connectivity index (χ3n) is 3.45. The van der Waals surface area contributed by atoms with Gasteiger partial charge in [0, 0.05) is 25.1 Å². The van der Waals surface area contributed by atoms with Crippen molar-refractivity contribution < 1.29 is 18.7 Å². The Morgan fingerprint density at radius 1 is 1.35 bits per heavy atom. The average Bonchev–Trinajstić information content (AvgIpc) is 2.88. The first-order chi connectivity index (χ1) is 9.60. The van der Waals surface area contributed by atoms with E-state index in [0.29, 0.717) is 31.7 Å². The summed E-state index contributed by atoms with van der Waals surface area (Å²) < 4.78 is 17.7. The normalized spacial score (nSPS) is 18.1. The number of hydrogen-bond acceptors (Lipinski definition) is 3. The molecular weight excluding hydrogens is 261 g/mol. The van der Waals surface area contributed by atoms with Gasteiger partial charge in [-0.3, -0.25) is 4.79 Å². The second-order valence-electron chi connectivity index (χ2n) is 4.93. The summed E-state index contributed by atoms with van der Waals surface area (Å²) >= 11 is 0. The van der Waals surface area contributed by atoms with Crippen molar-refractivity contribution in [3.8, 4) is 0 Å². The molecule has 1 aromatic carbocycles. The summed E-state index contributed by atoms with van der Waals surface area (Å²) in [5.41, 5.74) is 0.515. The minimum Gasteiger partial charge on any atom is -0.450 e. The number of ketones is 1. The maximum absolute atomic E-state index is 12.8. The van der Waals surface area contributed by atoms with Gasteiger partial charge in [0.25, 0.3) is 0 Å². The monoisotopic (exact) mass is 279 g/mol. The summed E-state index contributed by atoms with van der Waals surface area (Å²) in [6.07, 6.45) is 0.858. The molecule has 0 radical (unpaired) electrons. The number of nitrogens with zero attached hydrogens (tertiary/aromatic N) is 1. The molecule has 1 aromatic rings. The molecule has 1 aliphatic heterocycles. The van der Waals surface area contributed by atoms with Gasteiger partial charge in [0.15, 0.2) is 5.78 Å². The minimum absolute atomic E-state index is 0.0132. The van der Waals surface area contributed by atoms with Crippen LogP contribution in [-0.4, -0.2) is 36.5 Å². The molecule has 0 bridgehead atoms. The first-order valence-electron chi connectivity index (χ1n) is 6.80. The highest BCUT2D eigenvalue weighted by Gasteiger charge is 2.28. The van der Waals surface area contributed by atoms with Crippen LogP contribution in [0.15, 0.2) is 24.3 Å². The van der Waals surface area contributed by atoms with Crippen LogP contribution in [0.3, 0.4) is 0 Å². The molecule has 20 heavy (non-hydrogen) atoms. The smallest absolute Gasteiger partial charge is 0.409 e. The van der Waals surface area contributed by atoms with Crippen molar-refractivity contribution >= 4 is 11.9 Å². The van der Waals surface area contributed by atoms with Crippen LogP contribution in [0.2, 0.25) is 0 Å². The Balaban J connectivity index is 1.87. The lowest BCUT2D eigenvalue weighted by Crippen LogP contribution is -2.29. The Kier molecular flexibility index (Phi) is 4.71. The van der Waals surface area contributed by atoms with E-state index in [-0.39, 0.29) is 23.6 Å². The summed E-state index contributed by atoms with van der Waals surface area (Å²) in [7, 11) is 0. The van der Waals surface area contributed by atoms with Crippen LogP contribution in [0, 0.1) is 11.7 Å². The number of rotatable bonds is 4. The third-order valence-corrected chi connectivity index (χ3v) is 3.45. The van der Waals surface area contributed by atoms with Gasteiger partial charge < -0.3 is 9.64 Å². The summed E-state index contributed by atoms with van der Waals surface area (Å²) in [6.45, 7) is 3.30. The lowest BCUT2D eigenvalue weighted by atomic mass is 9.98. The number of ether oxygens (including phenoxy) is 1. The Hall–Kier alpha value is -1.91. The molecule has 2 rings (SSSR count). The number of likely N-dealkylation sites (tertiary alicyclic amines) is 1. The molecule has 5 heteroatoms. The fourth-order valence-electron chi connectivity index (χ4n) is 2.40. The van der Waals surface area contributed by atoms with E-state index >= 15 is 0 Å². The van der Waals surface area contributed by atoms with Gasteiger partial charge in [-0.1, -0.05) is 0 Å². The van der Waals surface area contributed by atoms with Gasteiger partial charge in [0.1, 0.15) is 5.82 Å². The number of carbonyl (C=O) groups excluding carboxylic acids is 2. The van der Waals surface area contributed by atoms with Crippen molar-refractivity contribution in [1.82, 2.24) is 4.90 Å². The van der Waals surface area contributed by atoms with E-state index < -0.39 is 0 Å². The quantitative estimate of drug-likeness (QED) is 0.796. The van der Waals surface area contributed by atoms with Crippen molar-refractivity contribution in [2.75, 3.05) is 19.7 Å². The zero-order valence-corrected chi connectivity index (χ0v) is 11.5. The molecule has 0 N–H and O–H groups in total. The van der Waals surface area contributed by atoms with E-state index in [1.54, 1.807) is 11.8 Å². The van der Waals surface area contributed by atoms with Crippen LogP contribution in [0.25, 0.3) is 0 Å². The molecule has 1 amide bonds. The predicted octanol–water partition coefficient (Wildman–Crippen LogP) is 2.88. The summed E-state index contributed by atoms with van der Waals surface area (Å²) in [4.78, 5) is 25.2. The molecular formula is C15H18FNO3. The number of halogens is 1. The molecule has 1 aliphatic rings. The lowest BCUT2D eigenvalue weighted by Gasteiger charge is -2.15. The van der Waals surface area contributed by atoms with E-state index in [9.17, 15) is 14.0 Å². The third kappa shape index (κ3) is 3.56. The van der Waals surface area contributed by atoms with E-state index in [1.807, 2.05) is 0 Å². The van der Waals surface area contributed by atoms with E-state index in [4.69, 9.17) is 4.74 Å². The molecule has 0 spiro atoms. The van der Waals surface area contributed by atoms with Crippen LogP contribution in [0.4, 0.5) is 9.18 Å². The van der Waals surface area contributed by atoms with Crippen molar-refractivity contribution in [3.05, 3.63) is 35.6 Å². The highest BCUT2D eigenvalue weighted by Crippen LogP contribution is 2.22. The summed E-state index contributed by atoms with van der Waals surface area (Å²) in [5.74, 6) is -0.214. The van der Waals surface area contributed by atoms with Gasteiger partial charge in [0.05, 0.1) is 6.61 Å². The van der Waals surface area contributed by atoms with Crippen LogP contribution >= 0.6 is 0 Å². The zero-order chi connectivity index (χ0) is 14.5. The van der Waals surface area contributed by atoms with E-state index in [0.717, 1.165) is 6.42 Å². The molecule has 1 heterocycles. The van der Waals surface area contributed by atoms with Crippen LogP contribution in [-0.2, 0) is 4.74 Å². The van der Waals surface area contributed by atoms with Crippen LogP contribution in [0.1, 0.15) is 30.1 Å². The molecule has 1 saturated heterocycles. The Morgan fingerprint density at radius 3 is 2.70 bits per heavy atom. The fourth-order valence-corrected chi connectivity index (χ4v) is 2.40. The molecule has 1 unspecified atom stereocenters. The van der Waals surface area contributed by atoms with E-state index in [1.165, 1.54) is 24.3 Å². The van der Waals surface area contributed by atoms with Gasteiger partial charge in [-0.15, -0.1) is 0 Å². The first kappa shape index (κ1) is 14.5. The summed E-state index contributed by atoms with van der Waals surface area (Å²) in [6, 6.07) is 5.56. The Bertz CT molecular complexity index is 486.